The quantitative estimate of drug-likeness (QED) is 0.0173. The number of carbonyl (C=O) groups is 1. The van der Waals surface area contributed by atoms with Crippen LogP contribution in [0.5, 0.6) is 0 Å². The largest absolute Gasteiger partial charge is 0.457 e. The van der Waals surface area contributed by atoms with Gasteiger partial charge >= 0.3 is 5.97 Å². The van der Waals surface area contributed by atoms with Gasteiger partial charge in [-0.05, 0) is 70.6 Å². The van der Waals surface area contributed by atoms with Crippen LogP contribution in [0.3, 0.4) is 0 Å². The molecule has 408 valence electrons. The Balaban J connectivity index is 1.74. The maximum Gasteiger partial charge on any atom is 0.306 e. The molecule has 0 amide bonds. The molecule has 0 aromatic carbocycles. The molecule has 2 saturated heterocycles. The van der Waals surface area contributed by atoms with Crippen molar-refractivity contribution in [3.8, 4) is 0 Å². The van der Waals surface area contributed by atoms with E-state index in [-0.39, 0.29) is 19.6 Å². The average Bonchev–Trinajstić information content (AvgIpc) is 3.37. The number of allylic oxidation sites excluding steroid dienone is 14. The molecule has 2 heterocycles. The molecule has 0 bridgehead atoms. The highest BCUT2D eigenvalue weighted by Gasteiger charge is 2.47. The summed E-state index contributed by atoms with van der Waals surface area (Å²) in [6, 6.07) is 0. The molecule has 2 rings (SSSR count). The smallest absolute Gasteiger partial charge is 0.306 e. The van der Waals surface area contributed by atoms with Gasteiger partial charge in [-0.1, -0.05) is 176 Å². The highest BCUT2D eigenvalue weighted by atomic mass is 16.7. The molecule has 0 radical (unpaired) electrons. The summed E-state index contributed by atoms with van der Waals surface area (Å²) in [5, 5.41) is 72.2. The first-order chi connectivity index (χ1) is 34.6. The number of rotatable bonds is 42. The lowest BCUT2D eigenvalue weighted by atomic mass is 9.98. The summed E-state index contributed by atoms with van der Waals surface area (Å²) in [5.41, 5.74) is 0. The van der Waals surface area contributed by atoms with Crippen molar-refractivity contribution in [3.63, 3.8) is 0 Å². The second-order valence-electron chi connectivity index (χ2n) is 18.7. The van der Waals surface area contributed by atoms with Crippen LogP contribution < -0.4 is 0 Å². The SMILES string of the molecule is CC/C=C\C/C=C\C/C=C\C/C=C\C/C=C\C/C=C\C/C=C\CCCCCC(=O)OC(COCCCCCCCCCCCCCC)COC1OC(COC2OC(CO)C(O)C(O)C2O)C(O)C(O)C1O. The summed E-state index contributed by atoms with van der Waals surface area (Å²) in [6.45, 7) is 3.51. The summed E-state index contributed by atoms with van der Waals surface area (Å²) in [6.07, 6.45) is 39.3. The minimum absolute atomic E-state index is 0.0446. The van der Waals surface area contributed by atoms with E-state index in [1.54, 1.807) is 0 Å². The second kappa shape index (κ2) is 43.6. The number of carbonyl (C=O) groups excluding carboxylic acids is 1. The van der Waals surface area contributed by atoms with Gasteiger partial charge in [-0.2, -0.15) is 0 Å². The lowest BCUT2D eigenvalue weighted by Crippen LogP contribution is -2.61. The first-order valence-electron chi connectivity index (χ1n) is 27.2. The zero-order valence-electron chi connectivity index (χ0n) is 43.4. The summed E-state index contributed by atoms with van der Waals surface area (Å²) in [4.78, 5) is 13.0. The molecule has 14 heteroatoms. The minimum Gasteiger partial charge on any atom is -0.457 e. The standard InChI is InChI=1S/C57H96O14/c1-3-5-7-9-11-13-15-17-18-19-20-21-22-23-24-25-26-27-28-29-30-32-34-36-38-40-49(59)69-46(43-66-41-39-37-35-33-31-16-14-12-10-8-6-4-2)44-67-56-55(65)53(63)51(61)48(71-56)45-68-57-54(64)52(62)50(60)47(42-58)70-57/h5,7,11,13,17-18,20-21,23-24,26-27,29-30,46-48,50-58,60-65H,3-4,6,8-10,12,14-16,19,22,25,28,31-45H2,1-2H3/b7-5-,13-11-,18-17-,21-20-,24-23-,27-26-,30-29-. The van der Waals surface area contributed by atoms with Gasteiger partial charge in [0.2, 0.25) is 0 Å². The lowest BCUT2D eigenvalue weighted by molar-refractivity contribution is -0.332. The Labute approximate surface area is 427 Å². The molecule has 0 aromatic rings. The topological polar surface area (TPSA) is 214 Å². The summed E-state index contributed by atoms with van der Waals surface area (Å²) >= 11 is 0. The molecule has 11 unspecified atom stereocenters. The number of ether oxygens (including phenoxy) is 6. The molecular weight excluding hydrogens is 909 g/mol. The molecule has 0 spiro atoms. The highest BCUT2D eigenvalue weighted by molar-refractivity contribution is 5.69. The van der Waals surface area contributed by atoms with E-state index in [9.17, 15) is 40.5 Å². The number of hydrogen-bond acceptors (Lipinski definition) is 14. The predicted molar refractivity (Wildman–Crippen MR) is 279 cm³/mol. The van der Waals surface area contributed by atoms with Crippen LogP contribution in [-0.2, 0) is 33.2 Å². The van der Waals surface area contributed by atoms with Gasteiger partial charge in [0.05, 0.1) is 26.4 Å². The van der Waals surface area contributed by atoms with Gasteiger partial charge in [0, 0.05) is 13.0 Å². The van der Waals surface area contributed by atoms with Crippen LogP contribution in [-0.4, -0.2) is 142 Å². The lowest BCUT2D eigenvalue weighted by Gasteiger charge is -2.42. The van der Waals surface area contributed by atoms with E-state index in [1.165, 1.54) is 57.8 Å². The van der Waals surface area contributed by atoms with Crippen molar-refractivity contribution in [3.05, 3.63) is 85.1 Å². The summed E-state index contributed by atoms with van der Waals surface area (Å²) in [7, 11) is 0. The zero-order valence-corrected chi connectivity index (χ0v) is 43.4. The normalized spacial score (nSPS) is 26.0. The Morgan fingerprint density at radius 3 is 1.42 bits per heavy atom. The predicted octanol–water partition coefficient (Wildman–Crippen LogP) is 8.85. The molecule has 11 atom stereocenters. The van der Waals surface area contributed by atoms with Crippen LogP contribution in [0.2, 0.25) is 0 Å². The molecular formula is C57H96O14. The molecule has 2 aliphatic heterocycles. The average molecular weight is 1010 g/mol. The van der Waals surface area contributed by atoms with E-state index in [2.05, 4.69) is 98.9 Å². The van der Waals surface area contributed by atoms with Gasteiger partial charge in [-0.15, -0.1) is 0 Å². The fourth-order valence-electron chi connectivity index (χ4n) is 8.03. The highest BCUT2D eigenvalue weighted by Crippen LogP contribution is 2.26. The van der Waals surface area contributed by atoms with Crippen molar-refractivity contribution in [2.75, 3.05) is 33.0 Å². The van der Waals surface area contributed by atoms with Gasteiger partial charge < -0.3 is 64.2 Å². The van der Waals surface area contributed by atoms with E-state index < -0.39 is 86.7 Å². The Kier molecular flexibility index (Phi) is 39.4. The Morgan fingerprint density at radius 2 is 0.915 bits per heavy atom. The Morgan fingerprint density at radius 1 is 0.479 bits per heavy atom. The third-order valence-corrected chi connectivity index (χ3v) is 12.4. The molecule has 0 aliphatic carbocycles. The van der Waals surface area contributed by atoms with E-state index >= 15 is 0 Å². The first-order valence-corrected chi connectivity index (χ1v) is 27.2. The zero-order chi connectivity index (χ0) is 51.6. The van der Waals surface area contributed by atoms with Crippen LogP contribution in [0.15, 0.2) is 85.1 Å². The summed E-state index contributed by atoms with van der Waals surface area (Å²) in [5.74, 6) is -0.410. The van der Waals surface area contributed by atoms with Gasteiger partial charge in [-0.3, -0.25) is 4.79 Å². The van der Waals surface area contributed by atoms with Crippen molar-refractivity contribution in [2.24, 2.45) is 0 Å². The fourth-order valence-corrected chi connectivity index (χ4v) is 8.03. The van der Waals surface area contributed by atoms with Crippen molar-refractivity contribution in [1.82, 2.24) is 0 Å². The van der Waals surface area contributed by atoms with Gasteiger partial charge in [0.1, 0.15) is 54.9 Å². The molecule has 71 heavy (non-hydrogen) atoms. The van der Waals surface area contributed by atoms with Gasteiger partial charge in [-0.25, -0.2) is 0 Å². The molecule has 0 aromatic heterocycles. The molecule has 14 nitrogen and oxygen atoms in total. The van der Waals surface area contributed by atoms with Crippen LogP contribution in [0.4, 0.5) is 0 Å². The maximum absolute atomic E-state index is 13.0. The second-order valence-corrected chi connectivity index (χ2v) is 18.7. The third-order valence-electron chi connectivity index (χ3n) is 12.4. The Bertz CT molecular complexity index is 1490. The maximum atomic E-state index is 13.0. The van der Waals surface area contributed by atoms with Gasteiger partial charge in [0.25, 0.3) is 0 Å². The number of unbranched alkanes of at least 4 members (excludes halogenated alkanes) is 14. The number of aliphatic hydroxyl groups excluding tert-OH is 7. The first kappa shape index (κ1) is 64.3. The van der Waals surface area contributed by atoms with Crippen LogP contribution in [0, 0.1) is 0 Å². The monoisotopic (exact) mass is 1000 g/mol. The molecule has 0 saturated carbocycles. The van der Waals surface area contributed by atoms with Crippen LogP contribution in [0.1, 0.15) is 168 Å². The van der Waals surface area contributed by atoms with E-state index in [1.807, 2.05) is 0 Å². The minimum atomic E-state index is -1.72. The van der Waals surface area contributed by atoms with Crippen molar-refractivity contribution >= 4 is 5.97 Å². The number of hydrogen-bond donors (Lipinski definition) is 7. The van der Waals surface area contributed by atoms with E-state index in [4.69, 9.17) is 28.4 Å². The van der Waals surface area contributed by atoms with Crippen LogP contribution >= 0.6 is 0 Å². The Hall–Kier alpha value is -2.83. The third kappa shape index (κ3) is 30.8. The number of aliphatic hydroxyl groups is 7. The molecule has 2 aliphatic rings. The number of esters is 1. The van der Waals surface area contributed by atoms with Crippen molar-refractivity contribution in [1.29, 1.82) is 0 Å². The van der Waals surface area contributed by atoms with E-state index in [0.717, 1.165) is 83.5 Å². The van der Waals surface area contributed by atoms with Crippen LogP contribution in [0.25, 0.3) is 0 Å². The van der Waals surface area contributed by atoms with Crippen molar-refractivity contribution < 1.29 is 69.0 Å². The van der Waals surface area contributed by atoms with Gasteiger partial charge in [0.15, 0.2) is 12.6 Å². The summed E-state index contributed by atoms with van der Waals surface area (Å²) < 4.78 is 34.2. The molecule has 2 fully saturated rings. The van der Waals surface area contributed by atoms with E-state index in [0.29, 0.717) is 13.0 Å². The molecule has 7 N–H and O–H groups in total. The van der Waals surface area contributed by atoms with Crippen molar-refractivity contribution in [2.45, 2.75) is 235 Å². The fraction of sp³-hybridized carbons (Fsp3) is 0.737.